The van der Waals surface area contributed by atoms with Gasteiger partial charge >= 0.3 is 0 Å². The Morgan fingerprint density at radius 3 is 3.00 bits per heavy atom. The smallest absolute Gasteiger partial charge is 0.226 e. The van der Waals surface area contributed by atoms with E-state index in [1.165, 1.54) is 0 Å². The molecule has 1 aliphatic rings. The van der Waals surface area contributed by atoms with Crippen molar-refractivity contribution in [2.45, 2.75) is 13.0 Å². The molecule has 0 unspecified atom stereocenters. The maximum atomic E-state index is 12.1. The van der Waals surface area contributed by atoms with Crippen LogP contribution in [0.25, 0.3) is 0 Å². The lowest BCUT2D eigenvalue weighted by Crippen LogP contribution is -2.38. The van der Waals surface area contributed by atoms with Crippen molar-refractivity contribution in [3.05, 3.63) is 42.5 Å². The minimum absolute atomic E-state index is 0.0348. The van der Waals surface area contributed by atoms with Gasteiger partial charge < -0.3 is 14.6 Å². The quantitative estimate of drug-likeness (QED) is 0.887. The second-order valence-electron chi connectivity index (χ2n) is 4.81. The summed E-state index contributed by atoms with van der Waals surface area (Å²) in [7, 11) is 0. The van der Waals surface area contributed by atoms with Crippen molar-refractivity contribution in [2.24, 2.45) is 5.92 Å². The van der Waals surface area contributed by atoms with Crippen molar-refractivity contribution in [1.29, 1.82) is 0 Å². The lowest BCUT2D eigenvalue weighted by Gasteiger charge is -2.24. The molecule has 0 radical (unpaired) electrons. The third-order valence-electron chi connectivity index (χ3n) is 3.39. The van der Waals surface area contributed by atoms with Gasteiger partial charge in [-0.05, 0) is 18.1 Å². The molecule has 20 heavy (non-hydrogen) atoms. The van der Waals surface area contributed by atoms with Gasteiger partial charge in [0.05, 0.1) is 5.92 Å². The molecule has 0 saturated carbocycles. The van der Waals surface area contributed by atoms with Gasteiger partial charge in [-0.3, -0.25) is 4.79 Å². The van der Waals surface area contributed by atoms with Crippen LogP contribution < -0.4 is 10.1 Å². The van der Waals surface area contributed by atoms with E-state index in [4.69, 9.17) is 4.74 Å². The fourth-order valence-electron chi connectivity index (χ4n) is 2.29. The fraction of sp³-hybridized carbons (Fsp3) is 0.357. The first-order chi connectivity index (χ1) is 9.83. The van der Waals surface area contributed by atoms with Crippen molar-refractivity contribution in [2.75, 3.05) is 13.2 Å². The van der Waals surface area contributed by atoms with Crippen LogP contribution in [0.5, 0.6) is 5.75 Å². The number of aromatic nitrogens is 3. The van der Waals surface area contributed by atoms with Gasteiger partial charge in [-0.15, -0.1) is 10.2 Å². The molecular formula is C14H16N4O2. The number of nitrogens with zero attached hydrogens (tertiary/aromatic N) is 3. The number of hydrogen-bond acceptors (Lipinski definition) is 4. The number of ether oxygens (including phenoxy) is 1. The summed E-state index contributed by atoms with van der Waals surface area (Å²) < 4.78 is 7.45. The van der Waals surface area contributed by atoms with Crippen LogP contribution in [0, 0.1) is 5.92 Å². The number of carbonyl (C=O) groups is 1. The van der Waals surface area contributed by atoms with E-state index in [0.29, 0.717) is 19.7 Å². The third kappa shape index (κ3) is 2.79. The SMILES string of the molecule is O=C(NCCn1cnnc1)[C@@H]1COc2ccccc2C1. The zero-order valence-corrected chi connectivity index (χ0v) is 11.0. The summed E-state index contributed by atoms with van der Waals surface area (Å²) in [6.45, 7) is 1.67. The van der Waals surface area contributed by atoms with Gasteiger partial charge in [-0.25, -0.2) is 0 Å². The Bertz CT molecular complexity index is 583. The molecule has 1 amide bonds. The molecular weight excluding hydrogens is 256 g/mol. The zero-order chi connectivity index (χ0) is 13.8. The van der Waals surface area contributed by atoms with E-state index in [1.54, 1.807) is 12.7 Å². The summed E-state index contributed by atoms with van der Waals surface area (Å²) >= 11 is 0. The van der Waals surface area contributed by atoms with Crippen molar-refractivity contribution < 1.29 is 9.53 Å². The molecule has 1 aromatic carbocycles. The number of amides is 1. The predicted molar refractivity (Wildman–Crippen MR) is 72.2 cm³/mol. The average Bonchev–Trinajstić information content (AvgIpc) is 3.00. The minimum atomic E-state index is -0.120. The second-order valence-corrected chi connectivity index (χ2v) is 4.81. The highest BCUT2D eigenvalue weighted by atomic mass is 16.5. The van der Waals surface area contributed by atoms with Crippen LogP contribution in [-0.2, 0) is 17.8 Å². The Morgan fingerprint density at radius 2 is 2.15 bits per heavy atom. The molecule has 6 nitrogen and oxygen atoms in total. The molecule has 0 aliphatic carbocycles. The van der Waals surface area contributed by atoms with Crippen LogP contribution in [0.3, 0.4) is 0 Å². The number of fused-ring (bicyclic) bond motifs is 1. The second kappa shape index (κ2) is 5.73. The first-order valence-corrected chi connectivity index (χ1v) is 6.64. The highest BCUT2D eigenvalue weighted by molar-refractivity contribution is 5.79. The van der Waals surface area contributed by atoms with Crippen LogP contribution in [0.2, 0.25) is 0 Å². The fourth-order valence-corrected chi connectivity index (χ4v) is 2.29. The monoisotopic (exact) mass is 272 g/mol. The van der Waals surface area contributed by atoms with Crippen molar-refractivity contribution in [3.8, 4) is 5.75 Å². The van der Waals surface area contributed by atoms with Crippen LogP contribution in [0.1, 0.15) is 5.56 Å². The average molecular weight is 272 g/mol. The molecule has 1 aliphatic heterocycles. The van der Waals surface area contributed by atoms with Gasteiger partial charge in [0.1, 0.15) is 25.0 Å². The van der Waals surface area contributed by atoms with E-state index in [9.17, 15) is 4.79 Å². The number of para-hydroxylation sites is 1. The van der Waals surface area contributed by atoms with E-state index in [0.717, 1.165) is 17.7 Å². The molecule has 2 heterocycles. The first-order valence-electron chi connectivity index (χ1n) is 6.64. The van der Waals surface area contributed by atoms with Crippen LogP contribution in [0.15, 0.2) is 36.9 Å². The number of carbonyl (C=O) groups excluding carboxylic acids is 1. The van der Waals surface area contributed by atoms with Crippen LogP contribution in [0.4, 0.5) is 0 Å². The number of nitrogens with one attached hydrogen (secondary N) is 1. The molecule has 0 spiro atoms. The first kappa shape index (κ1) is 12.7. The van der Waals surface area contributed by atoms with Gasteiger partial charge in [0.15, 0.2) is 0 Å². The Morgan fingerprint density at radius 1 is 1.35 bits per heavy atom. The molecule has 0 bridgehead atoms. The molecule has 0 saturated heterocycles. The highest BCUT2D eigenvalue weighted by Crippen LogP contribution is 2.26. The third-order valence-corrected chi connectivity index (χ3v) is 3.39. The van der Waals surface area contributed by atoms with Crippen molar-refractivity contribution in [3.63, 3.8) is 0 Å². The van der Waals surface area contributed by atoms with E-state index >= 15 is 0 Å². The van der Waals surface area contributed by atoms with Gasteiger partial charge in [-0.2, -0.15) is 0 Å². The highest BCUT2D eigenvalue weighted by Gasteiger charge is 2.25. The van der Waals surface area contributed by atoms with E-state index in [1.807, 2.05) is 28.8 Å². The molecule has 6 heteroatoms. The van der Waals surface area contributed by atoms with E-state index in [2.05, 4.69) is 15.5 Å². The number of hydrogen-bond donors (Lipinski definition) is 1. The Kier molecular flexibility index (Phi) is 3.62. The van der Waals surface area contributed by atoms with Gasteiger partial charge in [0, 0.05) is 13.1 Å². The van der Waals surface area contributed by atoms with Gasteiger partial charge in [0.25, 0.3) is 0 Å². The Balaban J connectivity index is 1.51. The predicted octanol–water partition coefficient (Wildman–Crippen LogP) is 0.646. The molecule has 104 valence electrons. The van der Waals surface area contributed by atoms with Crippen LogP contribution >= 0.6 is 0 Å². The van der Waals surface area contributed by atoms with E-state index < -0.39 is 0 Å². The van der Waals surface area contributed by atoms with Crippen molar-refractivity contribution >= 4 is 5.91 Å². The Hall–Kier alpha value is -2.37. The molecule has 1 atom stereocenters. The molecule has 1 N–H and O–H groups in total. The van der Waals surface area contributed by atoms with Gasteiger partial charge in [-0.1, -0.05) is 18.2 Å². The van der Waals surface area contributed by atoms with Gasteiger partial charge in [0.2, 0.25) is 5.91 Å². The molecule has 2 aromatic rings. The summed E-state index contributed by atoms with van der Waals surface area (Å²) in [6.07, 6.45) is 3.99. The zero-order valence-electron chi connectivity index (χ0n) is 11.0. The Labute approximate surface area is 116 Å². The van der Waals surface area contributed by atoms with Crippen LogP contribution in [-0.4, -0.2) is 33.8 Å². The lowest BCUT2D eigenvalue weighted by atomic mass is 9.96. The molecule has 0 fully saturated rings. The largest absolute Gasteiger partial charge is 0.492 e. The lowest BCUT2D eigenvalue weighted by molar-refractivity contribution is -0.126. The van der Waals surface area contributed by atoms with Crippen molar-refractivity contribution in [1.82, 2.24) is 20.1 Å². The summed E-state index contributed by atoms with van der Waals surface area (Å²) in [6, 6.07) is 7.86. The number of benzene rings is 1. The maximum Gasteiger partial charge on any atom is 0.226 e. The topological polar surface area (TPSA) is 69.0 Å². The maximum absolute atomic E-state index is 12.1. The van der Waals surface area contributed by atoms with E-state index in [-0.39, 0.29) is 11.8 Å². The summed E-state index contributed by atoms with van der Waals surface area (Å²) in [5.41, 5.74) is 1.10. The normalized spacial score (nSPS) is 17.1. The standard InChI is InChI=1S/C14H16N4O2/c19-14(15-5-6-18-9-16-17-10-18)12-7-11-3-1-2-4-13(11)20-8-12/h1-4,9-10,12H,5-8H2,(H,15,19)/t12-/m0/s1. The summed E-state index contributed by atoms with van der Waals surface area (Å²) in [5.74, 6) is 0.805. The molecule has 3 rings (SSSR count). The number of rotatable bonds is 4. The summed E-state index contributed by atoms with van der Waals surface area (Å²) in [4.78, 5) is 12.1. The summed E-state index contributed by atoms with van der Waals surface area (Å²) in [5, 5.41) is 10.4. The minimum Gasteiger partial charge on any atom is -0.492 e. The molecule has 1 aromatic heterocycles.